The van der Waals surface area contributed by atoms with Crippen molar-refractivity contribution < 1.29 is 0 Å². The molecule has 0 fully saturated rings. The van der Waals surface area contributed by atoms with Crippen LogP contribution in [-0.4, -0.2) is 13.3 Å². The molecule has 0 bridgehead atoms. The molecule has 0 unspecified atom stereocenters. The molecule has 0 saturated heterocycles. The zero-order chi connectivity index (χ0) is 19.9. The minimum Gasteiger partial charge on any atom is -0.361 e. The van der Waals surface area contributed by atoms with Gasteiger partial charge in [0.05, 0.1) is 11.4 Å². The van der Waals surface area contributed by atoms with Crippen molar-refractivity contribution in [1.29, 1.82) is 0 Å². The summed E-state index contributed by atoms with van der Waals surface area (Å²) in [5.41, 5.74) is 6.99. The molecular weight excluding hydrogens is 354 g/mol. The van der Waals surface area contributed by atoms with Gasteiger partial charge in [-0.3, -0.25) is 4.99 Å². The summed E-state index contributed by atoms with van der Waals surface area (Å²) in [5.74, 6) is 0. The predicted molar refractivity (Wildman–Crippen MR) is 124 cm³/mol. The van der Waals surface area contributed by atoms with Gasteiger partial charge < -0.3 is 10.2 Å². The number of nitrogens with zero attached hydrogens (tertiary/aromatic N) is 2. The summed E-state index contributed by atoms with van der Waals surface area (Å²) < 4.78 is 0. The Balaban J connectivity index is 1.67. The Labute approximate surface area is 172 Å². The van der Waals surface area contributed by atoms with Gasteiger partial charge in [0.25, 0.3) is 0 Å². The van der Waals surface area contributed by atoms with Crippen LogP contribution in [0.1, 0.15) is 12.8 Å². The van der Waals surface area contributed by atoms with Gasteiger partial charge in [0.1, 0.15) is 0 Å². The molecule has 3 nitrogen and oxygen atoms in total. The standard InChI is InChI=1S/C26H25N3/c1-29(25-15-9-4-10-16-25)26-21(19-27-23-11-5-2-6-12-23)17-18-22(26)20-28-24-13-7-3-8-14-24/h2-16,19-20,27H,17-18H2,1H3/b21-19+,28-20?. The highest BCUT2D eigenvalue weighted by atomic mass is 15.1. The van der Waals surface area contributed by atoms with Crippen molar-refractivity contribution in [1.82, 2.24) is 0 Å². The fraction of sp³-hybridized carbons (Fsp3) is 0.115. The molecule has 1 N–H and O–H groups in total. The third kappa shape index (κ3) is 4.64. The van der Waals surface area contributed by atoms with E-state index in [1.54, 1.807) is 0 Å². The van der Waals surface area contributed by atoms with Crippen LogP contribution in [0.5, 0.6) is 0 Å². The third-order valence-corrected chi connectivity index (χ3v) is 5.06. The van der Waals surface area contributed by atoms with E-state index >= 15 is 0 Å². The molecule has 1 aliphatic carbocycles. The predicted octanol–water partition coefficient (Wildman–Crippen LogP) is 6.57. The smallest absolute Gasteiger partial charge is 0.0629 e. The highest BCUT2D eigenvalue weighted by Gasteiger charge is 2.23. The van der Waals surface area contributed by atoms with Gasteiger partial charge in [0.2, 0.25) is 0 Å². The molecule has 3 aromatic rings. The molecule has 1 aliphatic rings. The molecule has 0 heterocycles. The van der Waals surface area contributed by atoms with Crippen LogP contribution < -0.4 is 10.2 Å². The van der Waals surface area contributed by atoms with Gasteiger partial charge in [-0.15, -0.1) is 0 Å². The Bertz CT molecular complexity index is 1020. The van der Waals surface area contributed by atoms with Gasteiger partial charge in [0.15, 0.2) is 0 Å². The maximum Gasteiger partial charge on any atom is 0.0629 e. The molecule has 0 amide bonds. The Hall–Kier alpha value is -3.59. The van der Waals surface area contributed by atoms with E-state index in [1.165, 1.54) is 22.5 Å². The summed E-state index contributed by atoms with van der Waals surface area (Å²) in [4.78, 5) is 6.97. The molecule has 144 valence electrons. The minimum atomic E-state index is 0.974. The number of allylic oxidation sites excluding steroid dienone is 2. The second-order valence-electron chi connectivity index (χ2n) is 7.04. The van der Waals surface area contributed by atoms with Gasteiger partial charge >= 0.3 is 0 Å². The molecule has 3 aromatic carbocycles. The quantitative estimate of drug-likeness (QED) is 0.491. The fourth-order valence-electron chi connectivity index (χ4n) is 3.56. The van der Waals surface area contributed by atoms with Crippen LogP contribution >= 0.6 is 0 Å². The van der Waals surface area contributed by atoms with Crippen molar-refractivity contribution in [2.75, 3.05) is 17.3 Å². The van der Waals surface area contributed by atoms with Crippen molar-refractivity contribution in [2.24, 2.45) is 4.99 Å². The number of hydrogen-bond donors (Lipinski definition) is 1. The molecule has 0 aromatic heterocycles. The highest BCUT2D eigenvalue weighted by molar-refractivity contribution is 5.86. The van der Waals surface area contributed by atoms with Crippen molar-refractivity contribution in [3.8, 4) is 0 Å². The first kappa shape index (κ1) is 18.8. The van der Waals surface area contributed by atoms with Crippen LogP contribution in [-0.2, 0) is 0 Å². The number of para-hydroxylation sites is 3. The lowest BCUT2D eigenvalue weighted by Gasteiger charge is -2.23. The normalized spacial score (nSPS) is 15.3. The summed E-state index contributed by atoms with van der Waals surface area (Å²) in [5, 5.41) is 3.45. The minimum absolute atomic E-state index is 0.974. The first-order chi connectivity index (χ1) is 14.3. The lowest BCUT2D eigenvalue weighted by Crippen LogP contribution is -2.18. The zero-order valence-electron chi connectivity index (χ0n) is 16.6. The average Bonchev–Trinajstić information content (AvgIpc) is 3.20. The van der Waals surface area contributed by atoms with Crippen molar-refractivity contribution in [2.45, 2.75) is 12.8 Å². The van der Waals surface area contributed by atoms with Crippen LogP contribution in [0.15, 0.2) is 119 Å². The van der Waals surface area contributed by atoms with E-state index in [4.69, 9.17) is 4.99 Å². The van der Waals surface area contributed by atoms with Crippen LogP contribution in [0.25, 0.3) is 0 Å². The number of aliphatic imine (C=N–C) groups is 1. The van der Waals surface area contributed by atoms with E-state index in [9.17, 15) is 0 Å². The molecule has 0 spiro atoms. The van der Waals surface area contributed by atoms with Crippen molar-refractivity contribution >= 4 is 23.3 Å². The molecule has 3 heteroatoms. The first-order valence-corrected chi connectivity index (χ1v) is 9.93. The van der Waals surface area contributed by atoms with Gasteiger partial charge in [-0.2, -0.15) is 0 Å². The van der Waals surface area contributed by atoms with Crippen LogP contribution in [0.4, 0.5) is 17.1 Å². The largest absolute Gasteiger partial charge is 0.361 e. The second-order valence-corrected chi connectivity index (χ2v) is 7.04. The SMILES string of the molecule is CN(C1=C(C=Nc2ccccc2)CC/C1=C\Nc1ccccc1)c1ccccc1. The Kier molecular flexibility index (Phi) is 5.87. The molecule has 0 aliphatic heterocycles. The summed E-state index contributed by atoms with van der Waals surface area (Å²) >= 11 is 0. The monoisotopic (exact) mass is 379 g/mol. The maximum absolute atomic E-state index is 4.71. The zero-order valence-corrected chi connectivity index (χ0v) is 16.6. The molecule has 0 atom stereocenters. The number of benzene rings is 3. The van der Waals surface area contributed by atoms with E-state index in [0.717, 1.165) is 24.2 Å². The molecule has 0 saturated carbocycles. The molecule has 29 heavy (non-hydrogen) atoms. The number of rotatable bonds is 6. The number of nitrogens with one attached hydrogen (secondary N) is 1. The number of anilines is 2. The van der Waals surface area contributed by atoms with E-state index < -0.39 is 0 Å². The van der Waals surface area contributed by atoms with E-state index in [-0.39, 0.29) is 0 Å². The van der Waals surface area contributed by atoms with Crippen molar-refractivity contribution in [3.63, 3.8) is 0 Å². The van der Waals surface area contributed by atoms with E-state index in [1.807, 2.05) is 60.8 Å². The number of hydrogen-bond acceptors (Lipinski definition) is 3. The molecular formula is C26H25N3. The second kappa shape index (κ2) is 9.07. The maximum atomic E-state index is 4.71. The fourth-order valence-corrected chi connectivity index (χ4v) is 3.56. The molecule has 4 rings (SSSR count). The lowest BCUT2D eigenvalue weighted by molar-refractivity contribution is 1.03. The summed E-state index contributed by atoms with van der Waals surface area (Å²) in [7, 11) is 2.13. The topological polar surface area (TPSA) is 27.6 Å². The Morgan fingerprint density at radius 3 is 2.10 bits per heavy atom. The average molecular weight is 380 g/mol. The summed E-state index contributed by atoms with van der Waals surface area (Å²) in [6, 6.07) is 30.8. The first-order valence-electron chi connectivity index (χ1n) is 9.93. The Morgan fingerprint density at radius 1 is 0.793 bits per heavy atom. The van der Waals surface area contributed by atoms with E-state index in [0.29, 0.717) is 0 Å². The number of likely N-dealkylation sites (N-methyl/N-ethyl adjacent to an activating group) is 1. The Morgan fingerprint density at radius 2 is 1.41 bits per heavy atom. The summed E-state index contributed by atoms with van der Waals surface area (Å²) in [6.45, 7) is 0. The molecule has 0 radical (unpaired) electrons. The van der Waals surface area contributed by atoms with Gasteiger partial charge in [-0.1, -0.05) is 54.6 Å². The van der Waals surface area contributed by atoms with Gasteiger partial charge in [0, 0.05) is 30.8 Å². The van der Waals surface area contributed by atoms with Crippen molar-refractivity contribution in [3.05, 3.63) is 114 Å². The van der Waals surface area contributed by atoms with Crippen LogP contribution in [0.3, 0.4) is 0 Å². The van der Waals surface area contributed by atoms with Gasteiger partial charge in [-0.05, 0) is 60.4 Å². The lowest BCUT2D eigenvalue weighted by atomic mass is 10.1. The third-order valence-electron chi connectivity index (χ3n) is 5.06. The van der Waals surface area contributed by atoms with Gasteiger partial charge in [-0.25, -0.2) is 0 Å². The highest BCUT2D eigenvalue weighted by Crippen LogP contribution is 2.35. The van der Waals surface area contributed by atoms with E-state index in [2.05, 4.69) is 59.9 Å². The van der Waals surface area contributed by atoms with Crippen LogP contribution in [0, 0.1) is 0 Å². The summed E-state index contributed by atoms with van der Waals surface area (Å²) in [6.07, 6.45) is 6.12. The van der Waals surface area contributed by atoms with Crippen LogP contribution in [0.2, 0.25) is 0 Å².